The van der Waals surface area contributed by atoms with Gasteiger partial charge in [-0.1, -0.05) is 6.07 Å². The number of nitrogens with one attached hydrogen (secondary N) is 1. The van der Waals surface area contributed by atoms with E-state index in [-0.39, 0.29) is 11.1 Å². The number of carboxylic acids is 1. The van der Waals surface area contributed by atoms with Crippen LogP contribution < -0.4 is 5.32 Å². The average Bonchev–Trinajstić information content (AvgIpc) is 2.98. The summed E-state index contributed by atoms with van der Waals surface area (Å²) in [5.74, 6) is -4.04. The molecule has 0 aliphatic rings. The van der Waals surface area contributed by atoms with Crippen LogP contribution in [0.4, 0.5) is 8.78 Å². The highest BCUT2D eigenvalue weighted by atomic mass is 19.1. The summed E-state index contributed by atoms with van der Waals surface area (Å²) in [6.45, 7) is 3.77. The van der Waals surface area contributed by atoms with Gasteiger partial charge in [0.15, 0.2) is 6.04 Å². The number of aryl methyl sites for hydroxylation is 2. The molecule has 6 nitrogen and oxygen atoms in total. The van der Waals surface area contributed by atoms with Gasteiger partial charge in [-0.3, -0.25) is 4.79 Å². The Morgan fingerprint density at radius 3 is 2.29 bits per heavy atom. The van der Waals surface area contributed by atoms with Gasteiger partial charge < -0.3 is 10.4 Å². The molecule has 0 aliphatic heterocycles. The van der Waals surface area contributed by atoms with Gasteiger partial charge in [-0.25, -0.2) is 18.3 Å². The Hall–Kier alpha value is -3.55. The molecule has 0 saturated heterocycles. The highest BCUT2D eigenvalue weighted by Crippen LogP contribution is 2.20. The Morgan fingerprint density at radius 1 is 1.07 bits per heavy atom. The molecule has 1 unspecified atom stereocenters. The van der Waals surface area contributed by atoms with Gasteiger partial charge in [0.1, 0.15) is 11.6 Å². The van der Waals surface area contributed by atoms with Crippen LogP contribution in [0, 0.1) is 25.5 Å². The topological polar surface area (TPSA) is 84.2 Å². The lowest BCUT2D eigenvalue weighted by atomic mass is 10.1. The molecule has 8 heteroatoms. The van der Waals surface area contributed by atoms with Crippen molar-refractivity contribution in [2.24, 2.45) is 0 Å². The van der Waals surface area contributed by atoms with Crippen LogP contribution in [0.1, 0.15) is 33.4 Å². The molecule has 144 valence electrons. The molecule has 3 aromatic rings. The van der Waals surface area contributed by atoms with Gasteiger partial charge in [-0.15, -0.1) is 0 Å². The first-order chi connectivity index (χ1) is 13.3. The molecule has 2 N–H and O–H groups in total. The molecule has 1 atom stereocenters. The van der Waals surface area contributed by atoms with E-state index in [4.69, 9.17) is 0 Å². The van der Waals surface area contributed by atoms with Gasteiger partial charge in [0.05, 0.1) is 11.4 Å². The monoisotopic (exact) mass is 385 g/mol. The van der Waals surface area contributed by atoms with Crippen molar-refractivity contribution in [3.8, 4) is 5.69 Å². The Balaban J connectivity index is 1.82. The van der Waals surface area contributed by atoms with E-state index in [2.05, 4.69) is 10.4 Å². The minimum Gasteiger partial charge on any atom is -0.479 e. The summed E-state index contributed by atoms with van der Waals surface area (Å²) in [6.07, 6.45) is 0. The summed E-state index contributed by atoms with van der Waals surface area (Å²) in [5, 5.41) is 16.0. The number of amides is 1. The predicted octanol–water partition coefficient (Wildman–Crippen LogP) is 3.32. The summed E-state index contributed by atoms with van der Waals surface area (Å²) < 4.78 is 28.7. The second-order valence-electron chi connectivity index (χ2n) is 6.30. The molecule has 2 aromatic carbocycles. The summed E-state index contributed by atoms with van der Waals surface area (Å²) in [6, 6.07) is 9.13. The fraction of sp³-hybridized carbons (Fsp3) is 0.150. The van der Waals surface area contributed by atoms with Crippen LogP contribution in [-0.2, 0) is 4.79 Å². The lowest BCUT2D eigenvalue weighted by Gasteiger charge is -2.16. The van der Waals surface area contributed by atoms with Crippen molar-refractivity contribution in [2.45, 2.75) is 19.9 Å². The molecule has 1 aromatic heterocycles. The van der Waals surface area contributed by atoms with E-state index in [1.54, 1.807) is 16.8 Å². The average molecular weight is 385 g/mol. The van der Waals surface area contributed by atoms with E-state index >= 15 is 0 Å². The van der Waals surface area contributed by atoms with Crippen LogP contribution in [0.25, 0.3) is 5.69 Å². The fourth-order valence-electron chi connectivity index (χ4n) is 2.87. The van der Waals surface area contributed by atoms with Crippen LogP contribution >= 0.6 is 0 Å². The summed E-state index contributed by atoms with van der Waals surface area (Å²) in [5.41, 5.74) is 2.37. The molecular formula is C20H17F2N3O3. The standard InChI is InChI=1S/C20H17F2N3O3/c1-11-9-12(2)25(24-11)15-6-3-13(4-7-15)19(26)23-18(20(27)28)16-8-5-14(21)10-17(16)22/h3-10,18H,1-2H3,(H,23,26)(H,27,28). The molecule has 0 bridgehead atoms. The third-order valence-corrected chi connectivity index (χ3v) is 4.18. The number of carboxylic acid groups (broad SMARTS) is 1. The van der Waals surface area contributed by atoms with E-state index in [0.717, 1.165) is 29.2 Å². The zero-order valence-corrected chi connectivity index (χ0v) is 15.1. The van der Waals surface area contributed by atoms with E-state index in [0.29, 0.717) is 6.07 Å². The lowest BCUT2D eigenvalue weighted by Crippen LogP contribution is -2.34. The summed E-state index contributed by atoms with van der Waals surface area (Å²) >= 11 is 0. The maximum absolute atomic E-state index is 13.9. The van der Waals surface area contributed by atoms with Gasteiger partial charge >= 0.3 is 5.97 Å². The number of carbonyl (C=O) groups is 2. The number of halogens is 2. The maximum atomic E-state index is 13.9. The van der Waals surface area contributed by atoms with Gasteiger partial charge in [0.25, 0.3) is 5.91 Å². The quantitative estimate of drug-likeness (QED) is 0.706. The van der Waals surface area contributed by atoms with Crippen molar-refractivity contribution < 1.29 is 23.5 Å². The molecular weight excluding hydrogens is 368 g/mol. The van der Waals surface area contributed by atoms with Crippen LogP contribution in [0.3, 0.4) is 0 Å². The molecule has 0 saturated carbocycles. The minimum absolute atomic E-state index is 0.194. The van der Waals surface area contributed by atoms with Crippen LogP contribution in [0.5, 0.6) is 0 Å². The number of hydrogen-bond acceptors (Lipinski definition) is 3. The first-order valence-corrected chi connectivity index (χ1v) is 8.38. The molecule has 1 amide bonds. The van der Waals surface area contributed by atoms with Crippen molar-refractivity contribution in [3.63, 3.8) is 0 Å². The lowest BCUT2D eigenvalue weighted by molar-refractivity contribution is -0.139. The molecule has 0 radical (unpaired) electrons. The van der Waals surface area contributed by atoms with Crippen molar-refractivity contribution in [1.82, 2.24) is 15.1 Å². The molecule has 0 aliphatic carbocycles. The normalized spacial score (nSPS) is 11.9. The minimum atomic E-state index is -1.65. The number of rotatable bonds is 5. The van der Waals surface area contributed by atoms with Gasteiger partial charge in [0, 0.05) is 22.9 Å². The molecule has 1 heterocycles. The number of hydrogen-bond donors (Lipinski definition) is 2. The van der Waals surface area contributed by atoms with Crippen molar-refractivity contribution in [2.75, 3.05) is 0 Å². The first-order valence-electron chi connectivity index (χ1n) is 8.38. The van der Waals surface area contributed by atoms with Gasteiger partial charge in [-0.2, -0.15) is 5.10 Å². The van der Waals surface area contributed by atoms with E-state index in [1.165, 1.54) is 12.1 Å². The van der Waals surface area contributed by atoms with Crippen LogP contribution in [0.15, 0.2) is 48.5 Å². The van der Waals surface area contributed by atoms with Crippen molar-refractivity contribution in [1.29, 1.82) is 0 Å². The van der Waals surface area contributed by atoms with Crippen molar-refractivity contribution >= 4 is 11.9 Å². The van der Waals surface area contributed by atoms with Crippen molar-refractivity contribution in [3.05, 3.63) is 82.7 Å². The third kappa shape index (κ3) is 3.90. The number of aliphatic carboxylic acids is 1. The number of carbonyl (C=O) groups excluding carboxylic acids is 1. The Bertz CT molecular complexity index is 1050. The highest BCUT2D eigenvalue weighted by molar-refractivity contribution is 5.97. The molecule has 0 fully saturated rings. The largest absolute Gasteiger partial charge is 0.479 e. The molecule has 28 heavy (non-hydrogen) atoms. The van der Waals surface area contributed by atoms with E-state index < -0.39 is 29.6 Å². The zero-order chi connectivity index (χ0) is 20.4. The number of nitrogens with zero attached hydrogens (tertiary/aromatic N) is 2. The second kappa shape index (κ2) is 7.59. The molecule has 0 spiro atoms. The fourth-order valence-corrected chi connectivity index (χ4v) is 2.87. The Labute approximate surface area is 159 Å². The SMILES string of the molecule is Cc1cc(C)n(-c2ccc(C(=O)NC(C(=O)O)c3ccc(F)cc3F)cc2)n1. The Morgan fingerprint density at radius 2 is 1.75 bits per heavy atom. The third-order valence-electron chi connectivity index (χ3n) is 4.18. The number of benzene rings is 2. The molecule has 3 rings (SSSR count). The van der Waals surface area contributed by atoms with E-state index in [9.17, 15) is 23.5 Å². The smallest absolute Gasteiger partial charge is 0.331 e. The maximum Gasteiger partial charge on any atom is 0.331 e. The highest BCUT2D eigenvalue weighted by Gasteiger charge is 2.26. The van der Waals surface area contributed by atoms with E-state index in [1.807, 2.05) is 19.9 Å². The summed E-state index contributed by atoms with van der Waals surface area (Å²) in [4.78, 5) is 23.9. The predicted molar refractivity (Wildman–Crippen MR) is 97.2 cm³/mol. The Kier molecular flexibility index (Phi) is 5.21. The van der Waals surface area contributed by atoms with Gasteiger partial charge in [0.2, 0.25) is 0 Å². The number of aromatic nitrogens is 2. The van der Waals surface area contributed by atoms with Gasteiger partial charge in [-0.05, 0) is 50.2 Å². The van der Waals surface area contributed by atoms with Crippen LogP contribution in [-0.4, -0.2) is 26.8 Å². The first kappa shape index (κ1) is 19.2. The summed E-state index contributed by atoms with van der Waals surface area (Å²) in [7, 11) is 0. The van der Waals surface area contributed by atoms with Crippen LogP contribution in [0.2, 0.25) is 0 Å². The zero-order valence-electron chi connectivity index (χ0n) is 15.1. The second-order valence-corrected chi connectivity index (χ2v) is 6.30.